The molecular weight excluding hydrogens is 408 g/mol. The van der Waals surface area contributed by atoms with E-state index < -0.39 is 0 Å². The topological polar surface area (TPSA) is 52.6 Å². The van der Waals surface area contributed by atoms with Crippen molar-refractivity contribution in [2.75, 3.05) is 6.61 Å². The van der Waals surface area contributed by atoms with Gasteiger partial charge in [0.25, 0.3) is 0 Å². The van der Waals surface area contributed by atoms with Crippen LogP contribution in [0.15, 0.2) is 17.7 Å². The van der Waals surface area contributed by atoms with Crippen LogP contribution in [0.2, 0.25) is 0 Å². The van der Waals surface area contributed by atoms with Gasteiger partial charge in [-0.05, 0) is 80.2 Å². The fourth-order valence-corrected chi connectivity index (χ4v) is 8.87. The summed E-state index contributed by atoms with van der Waals surface area (Å²) in [6, 6.07) is 2.12. The van der Waals surface area contributed by atoms with E-state index in [0.717, 1.165) is 37.0 Å². The summed E-state index contributed by atoms with van der Waals surface area (Å²) in [6.45, 7) is 8.74. The van der Waals surface area contributed by atoms with Crippen LogP contribution in [0.25, 0.3) is 0 Å². The third-order valence-electron chi connectivity index (χ3n) is 9.03. The molecule has 168 valence electrons. The van der Waals surface area contributed by atoms with Crippen molar-refractivity contribution in [1.29, 1.82) is 0 Å². The molecule has 4 nitrogen and oxygen atoms in total. The fraction of sp³-hybridized carbons (Fsp3) is 0.692. The Labute approximate surface area is 189 Å². The molecule has 2 fully saturated rings. The molecule has 4 aliphatic rings. The number of carbonyl (C=O) groups is 2. The standard InChI is InChI=1S/C26H34O4S/c1-5-29-24(28)22-13-16-12-21-19-7-6-17-14-18(30-15(2)27)8-10-25(17,3)20(19)9-11-26(21,4)23(16)31-22/h6,13,18-21H,5,7-12,14H2,1-4H3/t18-,19?,20?,21-,25-,26-/m0/s1. The number of hydrogen-bond donors (Lipinski definition) is 0. The molecule has 6 atom stereocenters. The molecule has 1 aromatic rings. The predicted molar refractivity (Wildman–Crippen MR) is 121 cm³/mol. The maximum Gasteiger partial charge on any atom is 0.348 e. The Kier molecular flexibility index (Phi) is 5.12. The second-order valence-corrected chi connectivity index (χ2v) is 11.6. The number of rotatable bonds is 3. The van der Waals surface area contributed by atoms with Crippen molar-refractivity contribution in [3.63, 3.8) is 0 Å². The van der Waals surface area contributed by atoms with Crippen molar-refractivity contribution in [3.8, 4) is 0 Å². The average molecular weight is 443 g/mol. The van der Waals surface area contributed by atoms with E-state index in [1.54, 1.807) is 11.3 Å². The summed E-state index contributed by atoms with van der Waals surface area (Å²) < 4.78 is 10.8. The minimum atomic E-state index is -0.168. The van der Waals surface area contributed by atoms with Gasteiger partial charge in [-0.15, -0.1) is 11.3 Å². The minimum absolute atomic E-state index is 0.0574. The van der Waals surface area contributed by atoms with E-state index in [-0.39, 0.29) is 28.9 Å². The number of thiophene rings is 1. The van der Waals surface area contributed by atoms with Crippen LogP contribution in [0.3, 0.4) is 0 Å². The zero-order chi connectivity index (χ0) is 22.0. The molecule has 0 bridgehead atoms. The summed E-state index contributed by atoms with van der Waals surface area (Å²) in [5, 5.41) is 0. The molecule has 0 amide bonds. The number of ether oxygens (including phenoxy) is 2. The first-order valence-electron chi connectivity index (χ1n) is 11.9. The number of hydrogen-bond acceptors (Lipinski definition) is 5. The van der Waals surface area contributed by atoms with Gasteiger partial charge in [0.1, 0.15) is 11.0 Å². The van der Waals surface area contributed by atoms with Crippen molar-refractivity contribution in [2.45, 2.75) is 84.2 Å². The highest BCUT2D eigenvalue weighted by molar-refractivity contribution is 7.14. The zero-order valence-electron chi connectivity index (χ0n) is 19.2. The molecular formula is C26H34O4S. The lowest BCUT2D eigenvalue weighted by Gasteiger charge is -2.57. The molecule has 2 unspecified atom stereocenters. The lowest BCUT2D eigenvalue weighted by atomic mass is 9.48. The summed E-state index contributed by atoms with van der Waals surface area (Å²) >= 11 is 1.68. The van der Waals surface area contributed by atoms with Crippen LogP contribution in [0.4, 0.5) is 0 Å². The van der Waals surface area contributed by atoms with Gasteiger partial charge in [0.05, 0.1) is 6.61 Å². The maximum absolute atomic E-state index is 12.3. The van der Waals surface area contributed by atoms with Crippen LogP contribution >= 0.6 is 11.3 Å². The summed E-state index contributed by atoms with van der Waals surface area (Å²) in [5.74, 6) is 1.74. The van der Waals surface area contributed by atoms with Crippen molar-refractivity contribution in [2.24, 2.45) is 23.2 Å². The molecule has 0 spiro atoms. The van der Waals surface area contributed by atoms with Crippen LogP contribution in [0.5, 0.6) is 0 Å². The molecule has 5 heteroatoms. The van der Waals surface area contributed by atoms with Gasteiger partial charge < -0.3 is 9.47 Å². The van der Waals surface area contributed by atoms with E-state index >= 15 is 0 Å². The lowest BCUT2D eigenvalue weighted by molar-refractivity contribution is -0.148. The Morgan fingerprint density at radius 2 is 1.90 bits per heavy atom. The molecule has 2 saturated carbocycles. The Hall–Kier alpha value is -1.62. The van der Waals surface area contributed by atoms with E-state index in [1.807, 2.05) is 6.92 Å². The van der Waals surface area contributed by atoms with Crippen LogP contribution in [0, 0.1) is 23.2 Å². The second-order valence-electron chi connectivity index (χ2n) is 10.6. The number of esters is 2. The molecule has 31 heavy (non-hydrogen) atoms. The number of carbonyl (C=O) groups excluding carboxylic acids is 2. The highest BCUT2D eigenvalue weighted by Gasteiger charge is 2.58. The minimum Gasteiger partial charge on any atom is -0.462 e. The summed E-state index contributed by atoms with van der Waals surface area (Å²) in [6.07, 6.45) is 10.3. The molecule has 1 aromatic heterocycles. The Bertz CT molecular complexity index is 945. The van der Waals surface area contributed by atoms with E-state index in [0.29, 0.717) is 24.4 Å². The quantitative estimate of drug-likeness (QED) is 0.436. The van der Waals surface area contributed by atoms with Gasteiger partial charge in [-0.25, -0.2) is 4.79 Å². The van der Waals surface area contributed by atoms with Crippen molar-refractivity contribution >= 4 is 23.3 Å². The van der Waals surface area contributed by atoms with Crippen molar-refractivity contribution in [1.82, 2.24) is 0 Å². The Balaban J connectivity index is 1.40. The number of allylic oxidation sites excluding steroid dienone is 1. The molecule has 0 saturated heterocycles. The second kappa shape index (κ2) is 7.47. The normalized spacial score (nSPS) is 38.3. The highest BCUT2D eigenvalue weighted by atomic mass is 32.1. The first-order valence-corrected chi connectivity index (χ1v) is 12.7. The molecule has 1 heterocycles. The third-order valence-corrected chi connectivity index (χ3v) is 10.5. The van der Waals surface area contributed by atoms with Gasteiger partial charge >= 0.3 is 11.9 Å². The average Bonchev–Trinajstić information content (AvgIpc) is 3.25. The monoisotopic (exact) mass is 442 g/mol. The van der Waals surface area contributed by atoms with Gasteiger partial charge in [-0.3, -0.25) is 4.79 Å². The van der Waals surface area contributed by atoms with Gasteiger partial charge in [0.2, 0.25) is 0 Å². The largest absolute Gasteiger partial charge is 0.462 e. The Morgan fingerprint density at radius 3 is 2.65 bits per heavy atom. The SMILES string of the molecule is CCOC(=O)c1cc2c(s1)[C@@]1(C)CCC3C(CC=C4C[C@@H](OC(C)=O)CC[C@@]43C)[C@@H]1C2. The summed E-state index contributed by atoms with van der Waals surface area (Å²) in [5.41, 5.74) is 3.35. The maximum atomic E-state index is 12.3. The first kappa shape index (κ1) is 21.2. The molecule has 4 aliphatic carbocycles. The number of fused-ring (bicyclic) bond motifs is 7. The summed E-state index contributed by atoms with van der Waals surface area (Å²) in [7, 11) is 0. The van der Waals surface area contributed by atoms with E-state index in [9.17, 15) is 9.59 Å². The Morgan fingerprint density at radius 1 is 1.13 bits per heavy atom. The first-order chi connectivity index (χ1) is 14.8. The molecule has 0 radical (unpaired) electrons. The van der Waals surface area contributed by atoms with E-state index in [1.165, 1.54) is 35.8 Å². The summed E-state index contributed by atoms with van der Waals surface area (Å²) in [4.78, 5) is 26.0. The van der Waals surface area contributed by atoms with Gasteiger partial charge in [0.15, 0.2) is 0 Å². The van der Waals surface area contributed by atoms with Gasteiger partial charge in [0, 0.05) is 23.6 Å². The molecule has 0 aromatic carbocycles. The van der Waals surface area contributed by atoms with Gasteiger partial charge in [-0.2, -0.15) is 0 Å². The fourth-order valence-electron chi connectivity index (χ4n) is 7.54. The molecule has 0 N–H and O–H groups in total. The zero-order valence-corrected chi connectivity index (χ0v) is 20.0. The van der Waals surface area contributed by atoms with Crippen LogP contribution < -0.4 is 0 Å². The van der Waals surface area contributed by atoms with Crippen LogP contribution in [-0.2, 0) is 26.1 Å². The predicted octanol–water partition coefficient (Wildman–Crippen LogP) is 5.83. The van der Waals surface area contributed by atoms with Gasteiger partial charge in [-0.1, -0.05) is 25.5 Å². The van der Waals surface area contributed by atoms with E-state index in [2.05, 4.69) is 26.0 Å². The van der Waals surface area contributed by atoms with E-state index in [4.69, 9.17) is 9.47 Å². The van der Waals surface area contributed by atoms with Crippen molar-refractivity contribution in [3.05, 3.63) is 33.0 Å². The third kappa shape index (κ3) is 3.21. The molecule has 5 rings (SSSR count). The lowest BCUT2D eigenvalue weighted by Crippen LogP contribution is -2.51. The van der Waals surface area contributed by atoms with Crippen LogP contribution in [-0.4, -0.2) is 24.6 Å². The van der Waals surface area contributed by atoms with Crippen molar-refractivity contribution < 1.29 is 19.1 Å². The van der Waals surface area contributed by atoms with Crippen LogP contribution in [0.1, 0.15) is 86.3 Å². The smallest absolute Gasteiger partial charge is 0.348 e. The molecule has 0 aliphatic heterocycles. The highest BCUT2D eigenvalue weighted by Crippen LogP contribution is 2.65.